The van der Waals surface area contributed by atoms with Crippen LogP contribution in [0.5, 0.6) is 0 Å². The van der Waals surface area contributed by atoms with Crippen molar-refractivity contribution in [1.29, 1.82) is 0 Å². The van der Waals surface area contributed by atoms with Crippen LogP contribution in [0.4, 0.5) is 5.13 Å². The third kappa shape index (κ3) is 3.31. The number of thiazole rings is 1. The summed E-state index contributed by atoms with van der Waals surface area (Å²) in [5, 5.41) is 6.39. The first-order valence-corrected chi connectivity index (χ1v) is 6.56. The quantitative estimate of drug-likeness (QED) is 0.856. The molecule has 1 N–H and O–H groups in total. The fourth-order valence-corrected chi connectivity index (χ4v) is 2.30. The van der Waals surface area contributed by atoms with Gasteiger partial charge in [0.15, 0.2) is 5.13 Å². The second-order valence-electron chi connectivity index (χ2n) is 3.84. The van der Waals surface area contributed by atoms with Crippen LogP contribution in [-0.4, -0.2) is 18.6 Å². The van der Waals surface area contributed by atoms with Crippen LogP contribution in [0.3, 0.4) is 0 Å². The molecule has 0 unspecified atom stereocenters. The van der Waals surface area contributed by atoms with Crippen molar-refractivity contribution in [3.05, 3.63) is 35.2 Å². The van der Waals surface area contributed by atoms with E-state index in [-0.39, 0.29) is 0 Å². The summed E-state index contributed by atoms with van der Waals surface area (Å²) in [5.74, 6) is 0.955. The van der Waals surface area contributed by atoms with Gasteiger partial charge in [-0.05, 0) is 18.7 Å². The van der Waals surface area contributed by atoms with E-state index in [4.69, 9.17) is 4.42 Å². The van der Waals surface area contributed by atoms with Crippen molar-refractivity contribution in [1.82, 2.24) is 10.3 Å². The minimum atomic E-state index is 0.751. The lowest BCUT2D eigenvalue weighted by Gasteiger charge is -2.13. The van der Waals surface area contributed by atoms with Gasteiger partial charge in [0, 0.05) is 19.0 Å². The van der Waals surface area contributed by atoms with Crippen molar-refractivity contribution in [2.75, 3.05) is 18.5 Å². The second-order valence-corrected chi connectivity index (χ2v) is 4.67. The van der Waals surface area contributed by atoms with Gasteiger partial charge in [-0.2, -0.15) is 0 Å². The Bertz CT molecular complexity index is 438. The van der Waals surface area contributed by atoms with Gasteiger partial charge in [-0.25, -0.2) is 4.98 Å². The average Bonchev–Trinajstić information content (AvgIpc) is 2.96. The Morgan fingerprint density at radius 3 is 3.12 bits per heavy atom. The lowest BCUT2D eigenvalue weighted by Crippen LogP contribution is -2.16. The number of anilines is 1. The van der Waals surface area contributed by atoms with Crippen LogP contribution in [-0.2, 0) is 13.1 Å². The van der Waals surface area contributed by atoms with Gasteiger partial charge < -0.3 is 14.6 Å². The average molecular weight is 251 g/mol. The first kappa shape index (κ1) is 12.1. The van der Waals surface area contributed by atoms with Crippen molar-refractivity contribution in [2.24, 2.45) is 0 Å². The van der Waals surface area contributed by atoms with E-state index in [9.17, 15) is 0 Å². The number of furan rings is 1. The van der Waals surface area contributed by atoms with Crippen LogP contribution in [0.15, 0.2) is 28.2 Å². The number of hydrogen-bond acceptors (Lipinski definition) is 5. The Morgan fingerprint density at radius 1 is 1.53 bits per heavy atom. The molecule has 0 aliphatic rings. The minimum Gasteiger partial charge on any atom is -0.467 e. The molecule has 0 fully saturated rings. The number of nitrogens with zero attached hydrogens (tertiary/aromatic N) is 2. The lowest BCUT2D eigenvalue weighted by atomic mass is 10.4. The summed E-state index contributed by atoms with van der Waals surface area (Å²) in [6.45, 7) is 4.65. The van der Waals surface area contributed by atoms with Crippen LogP contribution >= 0.6 is 11.3 Å². The largest absolute Gasteiger partial charge is 0.467 e. The molecule has 0 aromatic carbocycles. The molecule has 5 heteroatoms. The first-order chi connectivity index (χ1) is 8.29. The van der Waals surface area contributed by atoms with Crippen molar-refractivity contribution in [3.63, 3.8) is 0 Å². The maximum absolute atomic E-state index is 5.32. The molecular formula is C12H17N3OS. The van der Waals surface area contributed by atoms with Gasteiger partial charge in [-0.1, -0.05) is 6.92 Å². The predicted molar refractivity (Wildman–Crippen MR) is 70.3 cm³/mol. The van der Waals surface area contributed by atoms with E-state index >= 15 is 0 Å². The van der Waals surface area contributed by atoms with Gasteiger partial charge in [0.25, 0.3) is 0 Å². The highest BCUT2D eigenvalue weighted by atomic mass is 32.1. The third-order valence-corrected chi connectivity index (χ3v) is 3.40. The predicted octanol–water partition coefficient (Wildman–Crippen LogP) is 2.48. The topological polar surface area (TPSA) is 41.3 Å². The van der Waals surface area contributed by atoms with Crippen molar-refractivity contribution < 1.29 is 4.42 Å². The molecule has 2 rings (SSSR count). The lowest BCUT2D eigenvalue weighted by molar-refractivity contribution is 0.507. The summed E-state index contributed by atoms with van der Waals surface area (Å²) in [6.07, 6.45) is 1.70. The van der Waals surface area contributed by atoms with E-state index < -0.39 is 0 Å². The molecule has 0 saturated carbocycles. The molecule has 2 aromatic rings. The van der Waals surface area contributed by atoms with E-state index in [1.807, 2.05) is 19.2 Å². The van der Waals surface area contributed by atoms with Crippen LogP contribution < -0.4 is 10.2 Å². The summed E-state index contributed by atoms with van der Waals surface area (Å²) in [7, 11) is 2.03. The molecule has 17 heavy (non-hydrogen) atoms. The normalized spacial score (nSPS) is 10.7. The van der Waals surface area contributed by atoms with Gasteiger partial charge >= 0.3 is 0 Å². The van der Waals surface area contributed by atoms with Gasteiger partial charge in [0.05, 0.1) is 18.5 Å². The van der Waals surface area contributed by atoms with Crippen molar-refractivity contribution in [3.8, 4) is 0 Å². The Hall–Kier alpha value is -1.33. The molecule has 0 radical (unpaired) electrons. The van der Waals surface area contributed by atoms with E-state index in [0.29, 0.717) is 0 Å². The standard InChI is InChI=1S/C12H17N3OS/c1-3-13-7-10-9-17-12(14-10)15(2)8-11-5-4-6-16-11/h4-6,9,13H,3,7-8H2,1-2H3. The molecule has 0 atom stereocenters. The van der Waals surface area contributed by atoms with Gasteiger partial charge in [-0.15, -0.1) is 11.3 Å². The van der Waals surface area contributed by atoms with Crippen LogP contribution in [0, 0.1) is 0 Å². The minimum absolute atomic E-state index is 0.751. The number of aromatic nitrogens is 1. The third-order valence-electron chi connectivity index (χ3n) is 2.40. The molecule has 0 aliphatic carbocycles. The zero-order valence-corrected chi connectivity index (χ0v) is 11.0. The number of rotatable bonds is 6. The van der Waals surface area contributed by atoms with E-state index in [2.05, 4.69) is 27.5 Å². The highest BCUT2D eigenvalue weighted by molar-refractivity contribution is 7.13. The van der Waals surface area contributed by atoms with Crippen LogP contribution in [0.1, 0.15) is 18.4 Å². The van der Waals surface area contributed by atoms with Gasteiger partial charge in [0.1, 0.15) is 5.76 Å². The summed E-state index contributed by atoms with van der Waals surface area (Å²) in [6, 6.07) is 3.88. The molecule has 92 valence electrons. The zero-order valence-electron chi connectivity index (χ0n) is 10.1. The molecule has 2 aromatic heterocycles. The molecule has 0 spiro atoms. The molecule has 0 amide bonds. The molecule has 0 saturated heterocycles. The molecule has 4 nitrogen and oxygen atoms in total. The Kier molecular flexibility index (Phi) is 4.17. The molecular weight excluding hydrogens is 234 g/mol. The summed E-state index contributed by atoms with van der Waals surface area (Å²) in [4.78, 5) is 6.66. The molecule has 0 bridgehead atoms. The van der Waals surface area contributed by atoms with Crippen molar-refractivity contribution >= 4 is 16.5 Å². The fourth-order valence-electron chi connectivity index (χ4n) is 1.51. The smallest absolute Gasteiger partial charge is 0.185 e. The number of nitrogens with one attached hydrogen (secondary N) is 1. The zero-order chi connectivity index (χ0) is 12.1. The van der Waals surface area contributed by atoms with E-state index in [1.165, 1.54) is 0 Å². The highest BCUT2D eigenvalue weighted by Crippen LogP contribution is 2.21. The monoisotopic (exact) mass is 251 g/mol. The Balaban J connectivity index is 1.94. The number of hydrogen-bond donors (Lipinski definition) is 1. The Labute approximate surface area is 105 Å². The summed E-state index contributed by atoms with van der Waals surface area (Å²) >= 11 is 1.66. The maximum atomic E-state index is 5.32. The van der Waals surface area contributed by atoms with E-state index in [1.54, 1.807) is 17.6 Å². The van der Waals surface area contributed by atoms with Gasteiger partial charge in [0.2, 0.25) is 0 Å². The SMILES string of the molecule is CCNCc1csc(N(C)Cc2ccco2)n1. The first-order valence-electron chi connectivity index (χ1n) is 5.68. The fraction of sp³-hybridized carbons (Fsp3) is 0.417. The van der Waals surface area contributed by atoms with Crippen LogP contribution in [0.2, 0.25) is 0 Å². The summed E-state index contributed by atoms with van der Waals surface area (Å²) < 4.78 is 5.32. The maximum Gasteiger partial charge on any atom is 0.185 e. The van der Waals surface area contributed by atoms with Gasteiger partial charge in [-0.3, -0.25) is 0 Å². The van der Waals surface area contributed by atoms with E-state index in [0.717, 1.165) is 36.2 Å². The molecule has 2 heterocycles. The highest BCUT2D eigenvalue weighted by Gasteiger charge is 2.08. The summed E-state index contributed by atoms with van der Waals surface area (Å²) in [5.41, 5.74) is 1.10. The van der Waals surface area contributed by atoms with Crippen molar-refractivity contribution in [2.45, 2.75) is 20.0 Å². The Morgan fingerprint density at radius 2 is 2.41 bits per heavy atom. The second kappa shape index (κ2) is 5.84. The molecule has 0 aliphatic heterocycles. The van der Waals surface area contributed by atoms with Crippen LogP contribution in [0.25, 0.3) is 0 Å².